The summed E-state index contributed by atoms with van der Waals surface area (Å²) in [6.07, 6.45) is 10.2. The van der Waals surface area contributed by atoms with E-state index in [0.717, 1.165) is 26.1 Å². The average Bonchev–Trinajstić information content (AvgIpc) is 3.28. The zero-order chi connectivity index (χ0) is 16.4. The molecular weight excluding hydrogens is 306 g/mol. The molecule has 1 aromatic rings. The smallest absolute Gasteiger partial charge is 0.273 e. The molecule has 0 bridgehead atoms. The first-order valence-corrected chi connectivity index (χ1v) is 9.13. The summed E-state index contributed by atoms with van der Waals surface area (Å²) in [7, 11) is 0. The lowest BCUT2D eigenvalue weighted by Crippen LogP contribution is -2.44. The average molecular weight is 331 g/mol. The van der Waals surface area contributed by atoms with Gasteiger partial charge in [-0.1, -0.05) is 12.8 Å². The molecule has 0 aromatic carbocycles. The summed E-state index contributed by atoms with van der Waals surface area (Å²) in [5.74, 6) is 0.642. The van der Waals surface area contributed by atoms with Gasteiger partial charge in [-0.15, -0.1) is 0 Å². The topological polar surface area (TPSA) is 64.6 Å². The van der Waals surface area contributed by atoms with Gasteiger partial charge in [0.25, 0.3) is 5.91 Å². The molecule has 130 valence electrons. The van der Waals surface area contributed by atoms with Crippen molar-refractivity contribution in [3.05, 3.63) is 24.3 Å². The van der Waals surface area contributed by atoms with Crippen LogP contribution in [-0.4, -0.2) is 58.8 Å². The Labute approximate surface area is 142 Å². The number of likely N-dealkylation sites (tertiary alicyclic amines) is 1. The van der Waals surface area contributed by atoms with E-state index in [1.54, 1.807) is 12.3 Å². The minimum absolute atomic E-state index is 0.00550. The maximum atomic E-state index is 12.8. The number of carbonyl (C=O) groups excluding carboxylic acids is 1. The van der Waals surface area contributed by atoms with Crippen molar-refractivity contribution in [2.45, 2.75) is 56.8 Å². The number of nitrogens with zero attached hydrogens (tertiary/aromatic N) is 3. The molecule has 1 aromatic heterocycles. The van der Waals surface area contributed by atoms with Crippen LogP contribution >= 0.6 is 0 Å². The lowest BCUT2D eigenvalue weighted by atomic mass is 10.0. The molecule has 24 heavy (non-hydrogen) atoms. The second-order valence-electron chi connectivity index (χ2n) is 7.12. The molecule has 3 fully saturated rings. The quantitative estimate of drug-likeness (QED) is 0.845. The summed E-state index contributed by atoms with van der Waals surface area (Å²) in [6, 6.07) is 1.78. The number of carbonyl (C=O) groups is 1. The van der Waals surface area contributed by atoms with Crippen molar-refractivity contribution in [2.24, 2.45) is 5.92 Å². The third-order valence-corrected chi connectivity index (χ3v) is 5.56. The number of aromatic nitrogens is 2. The van der Waals surface area contributed by atoms with Crippen LogP contribution in [0.2, 0.25) is 0 Å². The second kappa shape index (κ2) is 7.15. The maximum absolute atomic E-state index is 12.8. The van der Waals surface area contributed by atoms with E-state index in [1.807, 2.05) is 4.90 Å². The Hall–Kier alpha value is -1.53. The molecule has 3 aliphatic rings. The number of hydrogen-bond acceptors (Lipinski definition) is 5. The number of hydrogen-bond donors (Lipinski definition) is 0. The molecule has 0 unspecified atom stereocenters. The first-order valence-electron chi connectivity index (χ1n) is 9.13. The van der Waals surface area contributed by atoms with Gasteiger partial charge in [-0.25, -0.2) is 9.97 Å². The van der Waals surface area contributed by atoms with Crippen molar-refractivity contribution in [3.8, 4) is 0 Å². The van der Waals surface area contributed by atoms with Gasteiger partial charge in [0.15, 0.2) is 0 Å². The predicted molar refractivity (Wildman–Crippen MR) is 87.5 cm³/mol. The fraction of sp³-hybridized carbons (Fsp3) is 0.722. The van der Waals surface area contributed by atoms with Crippen molar-refractivity contribution in [1.29, 1.82) is 0 Å². The van der Waals surface area contributed by atoms with E-state index in [1.165, 1.54) is 32.0 Å². The summed E-state index contributed by atoms with van der Waals surface area (Å²) in [4.78, 5) is 22.7. The Balaban J connectivity index is 1.45. The van der Waals surface area contributed by atoms with Gasteiger partial charge in [-0.3, -0.25) is 4.79 Å². The molecule has 1 aliphatic carbocycles. The first-order chi connectivity index (χ1) is 11.8. The molecule has 0 radical (unpaired) electrons. The summed E-state index contributed by atoms with van der Waals surface area (Å²) in [5.41, 5.74) is 0.450. The predicted octanol–water partition coefficient (Wildman–Crippen LogP) is 2.06. The fourth-order valence-electron chi connectivity index (χ4n) is 4.29. The van der Waals surface area contributed by atoms with Gasteiger partial charge in [-0.05, 0) is 37.7 Å². The van der Waals surface area contributed by atoms with Crippen LogP contribution in [0, 0.1) is 5.92 Å². The highest BCUT2D eigenvalue weighted by molar-refractivity contribution is 5.92. The fourth-order valence-corrected chi connectivity index (χ4v) is 4.29. The van der Waals surface area contributed by atoms with Crippen LogP contribution in [0.5, 0.6) is 0 Å². The van der Waals surface area contributed by atoms with E-state index in [0.29, 0.717) is 18.2 Å². The molecule has 1 amide bonds. The Morgan fingerprint density at radius 2 is 2.17 bits per heavy atom. The van der Waals surface area contributed by atoms with Gasteiger partial charge in [0.05, 0.1) is 12.6 Å². The van der Waals surface area contributed by atoms with E-state index in [9.17, 15) is 4.79 Å². The molecule has 3 atom stereocenters. The Bertz CT molecular complexity index is 562. The van der Waals surface area contributed by atoms with Crippen LogP contribution in [0.15, 0.2) is 18.6 Å². The monoisotopic (exact) mass is 331 g/mol. The van der Waals surface area contributed by atoms with E-state index >= 15 is 0 Å². The number of rotatable bonds is 4. The SMILES string of the molecule is O=C(c1ccncn1)N1C[C@H](OCC2CCCC2)[C@H]2OCCC[C@H]21. The van der Waals surface area contributed by atoms with Crippen molar-refractivity contribution in [3.63, 3.8) is 0 Å². The minimum Gasteiger partial charge on any atom is -0.373 e. The van der Waals surface area contributed by atoms with Gasteiger partial charge in [0.1, 0.15) is 24.2 Å². The van der Waals surface area contributed by atoms with Gasteiger partial charge in [0, 0.05) is 19.4 Å². The Morgan fingerprint density at radius 3 is 2.96 bits per heavy atom. The van der Waals surface area contributed by atoms with E-state index in [4.69, 9.17) is 9.47 Å². The number of fused-ring (bicyclic) bond motifs is 1. The molecule has 6 heteroatoms. The van der Waals surface area contributed by atoms with Crippen molar-refractivity contribution >= 4 is 5.91 Å². The van der Waals surface area contributed by atoms with Gasteiger partial charge >= 0.3 is 0 Å². The number of ether oxygens (including phenoxy) is 2. The normalized spacial score (nSPS) is 30.5. The van der Waals surface area contributed by atoms with Crippen LogP contribution in [0.25, 0.3) is 0 Å². The Morgan fingerprint density at radius 1 is 1.29 bits per heavy atom. The summed E-state index contributed by atoms with van der Waals surface area (Å²) < 4.78 is 12.2. The van der Waals surface area contributed by atoms with Gasteiger partial charge < -0.3 is 14.4 Å². The minimum atomic E-state index is -0.0372. The third kappa shape index (κ3) is 3.17. The molecule has 0 N–H and O–H groups in total. The summed E-state index contributed by atoms with van der Waals surface area (Å²) >= 11 is 0. The highest BCUT2D eigenvalue weighted by Gasteiger charge is 2.47. The van der Waals surface area contributed by atoms with Gasteiger partial charge in [0.2, 0.25) is 0 Å². The van der Waals surface area contributed by atoms with Crippen LogP contribution in [0.4, 0.5) is 0 Å². The standard InChI is InChI=1S/C18H25N3O3/c22-18(14-7-8-19-12-20-14)21-10-16(17-15(21)6-3-9-23-17)24-11-13-4-1-2-5-13/h7-8,12-13,15-17H,1-6,9-11H2/t15-,16+,17+/m1/s1. The molecule has 0 spiro atoms. The van der Waals surface area contributed by atoms with E-state index in [2.05, 4.69) is 9.97 Å². The lowest BCUT2D eigenvalue weighted by molar-refractivity contribution is -0.0821. The summed E-state index contributed by atoms with van der Waals surface area (Å²) in [6.45, 7) is 2.16. The van der Waals surface area contributed by atoms with Crippen molar-refractivity contribution in [2.75, 3.05) is 19.8 Å². The highest BCUT2D eigenvalue weighted by atomic mass is 16.5. The summed E-state index contributed by atoms with van der Waals surface area (Å²) in [5, 5.41) is 0. The lowest BCUT2D eigenvalue weighted by Gasteiger charge is -2.32. The highest BCUT2D eigenvalue weighted by Crippen LogP contribution is 2.33. The first kappa shape index (κ1) is 16.0. The van der Waals surface area contributed by atoms with Crippen LogP contribution < -0.4 is 0 Å². The van der Waals surface area contributed by atoms with Crippen LogP contribution in [-0.2, 0) is 9.47 Å². The molecule has 6 nitrogen and oxygen atoms in total. The molecular formula is C18H25N3O3. The van der Waals surface area contributed by atoms with Crippen LogP contribution in [0.1, 0.15) is 49.0 Å². The Kier molecular flexibility index (Phi) is 4.76. The maximum Gasteiger partial charge on any atom is 0.273 e. The van der Waals surface area contributed by atoms with Crippen molar-refractivity contribution in [1.82, 2.24) is 14.9 Å². The molecule has 2 saturated heterocycles. The zero-order valence-corrected chi connectivity index (χ0v) is 14.0. The second-order valence-corrected chi connectivity index (χ2v) is 7.12. The molecule has 2 aliphatic heterocycles. The third-order valence-electron chi connectivity index (χ3n) is 5.56. The van der Waals surface area contributed by atoms with Gasteiger partial charge in [-0.2, -0.15) is 0 Å². The largest absolute Gasteiger partial charge is 0.373 e. The molecule has 1 saturated carbocycles. The zero-order valence-electron chi connectivity index (χ0n) is 14.0. The molecule has 4 rings (SSSR count). The van der Waals surface area contributed by atoms with Crippen LogP contribution in [0.3, 0.4) is 0 Å². The van der Waals surface area contributed by atoms with E-state index < -0.39 is 0 Å². The van der Waals surface area contributed by atoms with Crippen molar-refractivity contribution < 1.29 is 14.3 Å². The number of amides is 1. The van der Waals surface area contributed by atoms with E-state index in [-0.39, 0.29) is 24.2 Å². The molecule has 3 heterocycles.